The summed E-state index contributed by atoms with van der Waals surface area (Å²) in [6.07, 6.45) is 13.3. The van der Waals surface area contributed by atoms with Gasteiger partial charge in [0.05, 0.1) is 11.1 Å². The van der Waals surface area contributed by atoms with Crippen molar-refractivity contribution >= 4 is 11.9 Å². The first-order valence-corrected chi connectivity index (χ1v) is 14.1. The minimum atomic E-state index is -0.662. The number of carbonyl (C=O) groups is 2. The molecule has 3 aromatic rings. The lowest BCUT2D eigenvalue weighted by atomic mass is 10.1. The molecule has 1 heterocycles. The van der Waals surface area contributed by atoms with Gasteiger partial charge < -0.3 is 14.2 Å². The van der Waals surface area contributed by atoms with Gasteiger partial charge in [-0.05, 0) is 68.1 Å². The Morgan fingerprint density at radius 2 is 1.46 bits per heavy atom. The summed E-state index contributed by atoms with van der Waals surface area (Å²) in [5, 5.41) is 0. The maximum Gasteiger partial charge on any atom is 0.343 e. The quantitative estimate of drug-likeness (QED) is 0.108. The molecule has 0 amide bonds. The van der Waals surface area contributed by atoms with Gasteiger partial charge in [0.25, 0.3) is 0 Å². The Kier molecular flexibility index (Phi) is 12.6. The maximum absolute atomic E-state index is 12.9. The van der Waals surface area contributed by atoms with Crippen LogP contribution in [-0.2, 0) is 16.0 Å². The summed E-state index contributed by atoms with van der Waals surface area (Å²) in [7, 11) is 0. The molecule has 0 unspecified atom stereocenters. The normalized spacial score (nSPS) is 11.7. The van der Waals surface area contributed by atoms with Crippen molar-refractivity contribution in [3.63, 3.8) is 0 Å². The van der Waals surface area contributed by atoms with Gasteiger partial charge >= 0.3 is 11.9 Å². The molecule has 208 valence electrons. The Balaban J connectivity index is 1.57. The molecule has 3 rings (SSSR count). The third kappa shape index (κ3) is 9.91. The molecule has 39 heavy (non-hydrogen) atoms. The van der Waals surface area contributed by atoms with E-state index in [0.29, 0.717) is 35.1 Å². The van der Waals surface area contributed by atoms with Gasteiger partial charge in [-0.2, -0.15) is 0 Å². The number of carbonyl (C=O) groups excluding carboxylic acids is 2. The third-order valence-electron chi connectivity index (χ3n) is 6.36. The Labute approximate surface area is 231 Å². The lowest BCUT2D eigenvalue weighted by Gasteiger charge is -2.12. The Hall–Kier alpha value is -3.58. The average molecular weight is 533 g/mol. The first kappa shape index (κ1) is 30.0. The number of aromatic nitrogens is 2. The van der Waals surface area contributed by atoms with E-state index in [0.717, 1.165) is 31.2 Å². The number of ether oxygens (including phenoxy) is 3. The van der Waals surface area contributed by atoms with Gasteiger partial charge in [-0.25, -0.2) is 19.6 Å². The minimum Gasteiger partial charge on any atom is -0.425 e. The fraction of sp³-hybridized carbons (Fsp3) is 0.438. The van der Waals surface area contributed by atoms with Gasteiger partial charge in [-0.1, -0.05) is 64.5 Å². The first-order valence-electron chi connectivity index (χ1n) is 14.1. The predicted molar refractivity (Wildman–Crippen MR) is 152 cm³/mol. The van der Waals surface area contributed by atoms with Crippen molar-refractivity contribution in [2.75, 3.05) is 6.61 Å². The SMILES string of the molecule is CCCCCCCCc1cnc(-c2ccccc2OC(=O)c2ccc(OC(=O)[C@H](C)OCCCC)cc2)nc1. The van der Waals surface area contributed by atoms with Crippen molar-refractivity contribution in [3.8, 4) is 22.9 Å². The highest BCUT2D eigenvalue weighted by molar-refractivity contribution is 5.92. The molecular weight excluding hydrogens is 492 g/mol. The number of esters is 2. The highest BCUT2D eigenvalue weighted by atomic mass is 16.6. The minimum absolute atomic E-state index is 0.326. The van der Waals surface area contributed by atoms with Crippen LogP contribution >= 0.6 is 0 Å². The Morgan fingerprint density at radius 3 is 2.18 bits per heavy atom. The van der Waals surface area contributed by atoms with Gasteiger partial charge in [-0.15, -0.1) is 0 Å². The molecule has 0 aliphatic heterocycles. The summed E-state index contributed by atoms with van der Waals surface area (Å²) in [4.78, 5) is 34.1. The van der Waals surface area contributed by atoms with Crippen LogP contribution in [0, 0.1) is 0 Å². The number of hydrogen-bond acceptors (Lipinski definition) is 7. The molecule has 1 aromatic heterocycles. The summed E-state index contributed by atoms with van der Waals surface area (Å²) in [5.41, 5.74) is 2.07. The zero-order valence-electron chi connectivity index (χ0n) is 23.4. The van der Waals surface area contributed by atoms with E-state index in [2.05, 4.69) is 23.8 Å². The van der Waals surface area contributed by atoms with Gasteiger partial charge in [0.2, 0.25) is 0 Å². The standard InChI is InChI=1S/C32H40N2O5/c1-4-6-8-9-10-11-14-25-22-33-30(34-23-25)28-15-12-13-16-29(28)39-32(36)26-17-19-27(20-18-26)38-31(35)24(3)37-21-7-5-2/h12-13,15-20,22-24H,4-11,14,21H2,1-3H3/t24-/m0/s1. The van der Waals surface area contributed by atoms with Gasteiger partial charge in [0.1, 0.15) is 11.5 Å². The molecule has 0 aliphatic carbocycles. The highest BCUT2D eigenvalue weighted by Gasteiger charge is 2.17. The van der Waals surface area contributed by atoms with Crippen LogP contribution in [0.5, 0.6) is 11.5 Å². The predicted octanol–water partition coefficient (Wildman–Crippen LogP) is 7.38. The summed E-state index contributed by atoms with van der Waals surface area (Å²) >= 11 is 0. The Morgan fingerprint density at radius 1 is 0.795 bits per heavy atom. The number of aryl methyl sites for hydroxylation is 1. The van der Waals surface area contributed by atoms with Gasteiger partial charge in [0, 0.05) is 19.0 Å². The van der Waals surface area contributed by atoms with Crippen LogP contribution in [0.2, 0.25) is 0 Å². The molecule has 0 spiro atoms. The largest absolute Gasteiger partial charge is 0.425 e. The van der Waals surface area contributed by atoms with E-state index in [9.17, 15) is 9.59 Å². The third-order valence-corrected chi connectivity index (χ3v) is 6.36. The van der Waals surface area contributed by atoms with Crippen molar-refractivity contribution in [1.82, 2.24) is 9.97 Å². The van der Waals surface area contributed by atoms with E-state index >= 15 is 0 Å². The van der Waals surface area contributed by atoms with Crippen molar-refractivity contribution in [2.24, 2.45) is 0 Å². The van der Waals surface area contributed by atoms with Crippen LogP contribution in [0.15, 0.2) is 60.9 Å². The second kappa shape index (κ2) is 16.4. The molecular formula is C32H40N2O5. The number of nitrogens with zero attached hydrogens (tertiary/aromatic N) is 2. The molecule has 0 saturated carbocycles. The second-order valence-electron chi connectivity index (χ2n) is 9.63. The molecule has 0 radical (unpaired) electrons. The monoisotopic (exact) mass is 532 g/mol. The average Bonchev–Trinajstić information content (AvgIpc) is 2.96. The topological polar surface area (TPSA) is 87.6 Å². The maximum atomic E-state index is 12.9. The number of para-hydroxylation sites is 1. The van der Waals surface area contributed by atoms with Crippen LogP contribution in [-0.4, -0.2) is 34.6 Å². The zero-order chi connectivity index (χ0) is 27.9. The van der Waals surface area contributed by atoms with Crippen LogP contribution in [0.25, 0.3) is 11.4 Å². The molecule has 1 atom stereocenters. The number of unbranched alkanes of at least 4 members (excludes halogenated alkanes) is 6. The number of benzene rings is 2. The molecule has 0 aliphatic rings. The van der Waals surface area contributed by atoms with Crippen LogP contribution in [0.1, 0.15) is 88.1 Å². The lowest BCUT2D eigenvalue weighted by molar-refractivity contribution is -0.146. The van der Waals surface area contributed by atoms with E-state index in [4.69, 9.17) is 14.2 Å². The molecule has 0 N–H and O–H groups in total. The summed E-state index contributed by atoms with van der Waals surface area (Å²) < 4.78 is 16.5. The molecule has 0 saturated heterocycles. The Bertz CT molecular complexity index is 1160. The highest BCUT2D eigenvalue weighted by Crippen LogP contribution is 2.28. The molecule has 0 bridgehead atoms. The van der Waals surface area contributed by atoms with E-state index in [1.54, 1.807) is 43.3 Å². The zero-order valence-corrected chi connectivity index (χ0v) is 23.4. The van der Waals surface area contributed by atoms with Crippen LogP contribution < -0.4 is 9.47 Å². The van der Waals surface area contributed by atoms with Crippen molar-refractivity contribution in [3.05, 3.63) is 72.1 Å². The van der Waals surface area contributed by atoms with Crippen molar-refractivity contribution in [1.29, 1.82) is 0 Å². The van der Waals surface area contributed by atoms with Crippen LogP contribution in [0.3, 0.4) is 0 Å². The number of rotatable bonds is 16. The van der Waals surface area contributed by atoms with Crippen molar-refractivity contribution in [2.45, 2.75) is 84.7 Å². The summed E-state index contributed by atoms with van der Waals surface area (Å²) in [5.74, 6) is 0.198. The van der Waals surface area contributed by atoms with Crippen LogP contribution in [0.4, 0.5) is 0 Å². The fourth-order valence-electron chi connectivity index (χ4n) is 3.96. The molecule has 0 fully saturated rings. The summed E-state index contributed by atoms with van der Waals surface area (Å²) in [6.45, 7) is 6.45. The molecule has 7 heteroatoms. The summed E-state index contributed by atoms with van der Waals surface area (Å²) in [6, 6.07) is 13.4. The molecule has 7 nitrogen and oxygen atoms in total. The molecule has 2 aromatic carbocycles. The second-order valence-corrected chi connectivity index (χ2v) is 9.63. The lowest BCUT2D eigenvalue weighted by Crippen LogP contribution is -2.26. The van der Waals surface area contributed by atoms with Crippen molar-refractivity contribution < 1.29 is 23.8 Å². The van der Waals surface area contributed by atoms with Gasteiger partial charge in [0.15, 0.2) is 11.9 Å². The smallest absolute Gasteiger partial charge is 0.343 e. The fourth-order valence-corrected chi connectivity index (χ4v) is 3.96. The van der Waals surface area contributed by atoms with E-state index < -0.39 is 18.0 Å². The first-order chi connectivity index (χ1) is 19.0. The van der Waals surface area contributed by atoms with Gasteiger partial charge in [-0.3, -0.25) is 0 Å². The van der Waals surface area contributed by atoms with E-state index in [1.165, 1.54) is 32.1 Å². The van der Waals surface area contributed by atoms with E-state index in [1.807, 2.05) is 24.5 Å². The van der Waals surface area contributed by atoms with E-state index in [-0.39, 0.29) is 0 Å². The number of hydrogen-bond donors (Lipinski definition) is 0.